The predicted molar refractivity (Wildman–Crippen MR) is 98.4 cm³/mol. The molecule has 0 aromatic heterocycles. The summed E-state index contributed by atoms with van der Waals surface area (Å²) in [6.07, 6.45) is 1.44. The SMILES string of the molecule is O=C1C=C(N2CCN(c3ccc(F)c(Cl)c3)CC2)C(=O)c2ccccc21. The molecule has 0 radical (unpaired) electrons. The molecular weight excluding hydrogens is 355 g/mol. The van der Waals surface area contributed by atoms with Crippen LogP contribution in [0.3, 0.4) is 0 Å². The van der Waals surface area contributed by atoms with Crippen molar-refractivity contribution in [2.24, 2.45) is 0 Å². The molecule has 1 heterocycles. The monoisotopic (exact) mass is 370 g/mol. The van der Waals surface area contributed by atoms with Gasteiger partial charge in [0.2, 0.25) is 5.78 Å². The molecule has 0 bridgehead atoms. The van der Waals surface area contributed by atoms with E-state index in [1.54, 1.807) is 36.4 Å². The molecule has 0 N–H and O–H groups in total. The number of carbonyl (C=O) groups excluding carboxylic acids is 2. The predicted octanol–water partition coefficient (Wildman–Crippen LogP) is 3.56. The van der Waals surface area contributed by atoms with Gasteiger partial charge in [-0.05, 0) is 18.2 Å². The Morgan fingerprint density at radius 1 is 0.885 bits per heavy atom. The lowest BCUT2D eigenvalue weighted by atomic mass is 9.92. The van der Waals surface area contributed by atoms with Crippen LogP contribution in [-0.4, -0.2) is 42.6 Å². The van der Waals surface area contributed by atoms with Crippen LogP contribution < -0.4 is 4.90 Å². The zero-order chi connectivity index (χ0) is 18.3. The first-order valence-electron chi connectivity index (χ1n) is 8.39. The molecule has 0 saturated carbocycles. The van der Waals surface area contributed by atoms with Crippen molar-refractivity contribution in [1.29, 1.82) is 0 Å². The van der Waals surface area contributed by atoms with E-state index < -0.39 is 5.82 Å². The number of ketones is 2. The third kappa shape index (κ3) is 2.88. The van der Waals surface area contributed by atoms with Crippen LogP contribution in [0.5, 0.6) is 0 Å². The van der Waals surface area contributed by atoms with E-state index in [1.165, 1.54) is 12.1 Å². The molecule has 0 amide bonds. The van der Waals surface area contributed by atoms with Crippen LogP contribution in [0.15, 0.2) is 54.2 Å². The molecule has 0 spiro atoms. The molecule has 6 heteroatoms. The first-order valence-corrected chi connectivity index (χ1v) is 8.77. The summed E-state index contributed by atoms with van der Waals surface area (Å²) in [5.74, 6) is -0.689. The zero-order valence-corrected chi connectivity index (χ0v) is 14.7. The fourth-order valence-corrected chi connectivity index (χ4v) is 3.60. The summed E-state index contributed by atoms with van der Waals surface area (Å²) < 4.78 is 13.3. The highest BCUT2D eigenvalue weighted by Gasteiger charge is 2.30. The number of benzene rings is 2. The number of anilines is 1. The number of Topliss-reactive ketones (excluding diaryl/α,β-unsaturated/α-hetero) is 1. The summed E-state index contributed by atoms with van der Waals surface area (Å²) in [6.45, 7) is 2.51. The number of nitrogens with zero attached hydrogens (tertiary/aromatic N) is 2. The average molecular weight is 371 g/mol. The van der Waals surface area contributed by atoms with Crippen molar-refractivity contribution < 1.29 is 14.0 Å². The summed E-state index contributed by atoms with van der Waals surface area (Å²) in [7, 11) is 0. The Bertz CT molecular complexity index is 933. The van der Waals surface area contributed by atoms with Gasteiger partial charge < -0.3 is 9.80 Å². The summed E-state index contributed by atoms with van der Waals surface area (Å²) in [4.78, 5) is 29.1. The molecule has 1 saturated heterocycles. The molecule has 1 fully saturated rings. The van der Waals surface area contributed by atoms with Gasteiger partial charge in [0.1, 0.15) is 5.82 Å². The van der Waals surface area contributed by atoms with Crippen LogP contribution in [0.2, 0.25) is 5.02 Å². The summed E-state index contributed by atoms with van der Waals surface area (Å²) in [6, 6.07) is 11.6. The second kappa shape index (κ2) is 6.57. The molecule has 1 aliphatic carbocycles. The van der Waals surface area contributed by atoms with Gasteiger partial charge in [0.25, 0.3) is 0 Å². The number of carbonyl (C=O) groups is 2. The van der Waals surface area contributed by atoms with Gasteiger partial charge in [-0.3, -0.25) is 9.59 Å². The minimum absolute atomic E-state index is 0.0947. The molecule has 0 atom stereocenters. The van der Waals surface area contributed by atoms with E-state index in [-0.39, 0.29) is 16.6 Å². The van der Waals surface area contributed by atoms with E-state index in [0.29, 0.717) is 43.0 Å². The largest absolute Gasteiger partial charge is 0.368 e. The quantitative estimate of drug-likeness (QED) is 0.810. The minimum atomic E-state index is -0.441. The number of piperazine rings is 1. The second-order valence-corrected chi connectivity index (χ2v) is 6.75. The lowest BCUT2D eigenvalue weighted by Gasteiger charge is -2.38. The number of rotatable bonds is 2. The average Bonchev–Trinajstić information content (AvgIpc) is 2.67. The first-order chi connectivity index (χ1) is 12.5. The number of halogens is 2. The van der Waals surface area contributed by atoms with Crippen LogP contribution >= 0.6 is 11.6 Å². The Labute approximate surface area is 155 Å². The second-order valence-electron chi connectivity index (χ2n) is 6.34. The summed E-state index contributed by atoms with van der Waals surface area (Å²) in [5.41, 5.74) is 2.22. The highest BCUT2D eigenvalue weighted by atomic mass is 35.5. The van der Waals surface area contributed by atoms with Crippen molar-refractivity contribution >= 4 is 28.9 Å². The van der Waals surface area contributed by atoms with E-state index in [1.807, 2.05) is 4.90 Å². The van der Waals surface area contributed by atoms with Gasteiger partial charge in [-0.1, -0.05) is 35.9 Å². The molecule has 26 heavy (non-hydrogen) atoms. The van der Waals surface area contributed by atoms with Crippen molar-refractivity contribution in [3.8, 4) is 0 Å². The number of hydrogen-bond donors (Lipinski definition) is 0. The maximum Gasteiger partial charge on any atom is 0.209 e. The third-order valence-electron chi connectivity index (χ3n) is 4.83. The third-order valence-corrected chi connectivity index (χ3v) is 5.12. The van der Waals surface area contributed by atoms with Crippen molar-refractivity contribution in [3.63, 3.8) is 0 Å². The van der Waals surface area contributed by atoms with Crippen LogP contribution in [0.4, 0.5) is 10.1 Å². The number of allylic oxidation sites excluding steroid dienone is 2. The molecule has 4 nitrogen and oxygen atoms in total. The maximum atomic E-state index is 13.3. The van der Waals surface area contributed by atoms with Crippen LogP contribution in [0, 0.1) is 5.82 Å². The van der Waals surface area contributed by atoms with Gasteiger partial charge >= 0.3 is 0 Å². The summed E-state index contributed by atoms with van der Waals surface area (Å²) in [5, 5.41) is 0.0947. The van der Waals surface area contributed by atoms with Gasteiger partial charge in [0, 0.05) is 49.1 Å². The Kier molecular flexibility index (Phi) is 4.24. The topological polar surface area (TPSA) is 40.6 Å². The van der Waals surface area contributed by atoms with Crippen LogP contribution in [-0.2, 0) is 0 Å². The van der Waals surface area contributed by atoms with Crippen molar-refractivity contribution in [3.05, 3.63) is 76.2 Å². The van der Waals surface area contributed by atoms with E-state index >= 15 is 0 Å². The molecular formula is C20H16ClFN2O2. The van der Waals surface area contributed by atoms with Crippen molar-refractivity contribution in [2.45, 2.75) is 0 Å². The van der Waals surface area contributed by atoms with E-state index in [2.05, 4.69) is 4.90 Å². The Morgan fingerprint density at radius 2 is 1.54 bits per heavy atom. The standard InChI is InChI=1S/C20H16ClFN2O2/c21-16-11-13(5-6-17(16)22)23-7-9-24(10-8-23)18-12-19(25)14-3-1-2-4-15(14)20(18)26/h1-6,11-12H,7-10H2. The van der Waals surface area contributed by atoms with Crippen molar-refractivity contribution in [2.75, 3.05) is 31.1 Å². The smallest absolute Gasteiger partial charge is 0.209 e. The zero-order valence-electron chi connectivity index (χ0n) is 13.9. The van der Waals surface area contributed by atoms with E-state index in [9.17, 15) is 14.0 Å². The van der Waals surface area contributed by atoms with Gasteiger partial charge in [0.05, 0.1) is 10.7 Å². The Hall–Kier alpha value is -2.66. The van der Waals surface area contributed by atoms with Crippen LogP contribution in [0.25, 0.3) is 0 Å². The highest BCUT2D eigenvalue weighted by Crippen LogP contribution is 2.27. The van der Waals surface area contributed by atoms with Gasteiger partial charge in [0.15, 0.2) is 5.78 Å². The fraction of sp³-hybridized carbons (Fsp3) is 0.200. The lowest BCUT2D eigenvalue weighted by Crippen LogP contribution is -2.47. The lowest BCUT2D eigenvalue weighted by molar-refractivity contribution is 0.0948. The minimum Gasteiger partial charge on any atom is -0.368 e. The first kappa shape index (κ1) is 16.8. The van der Waals surface area contributed by atoms with E-state index in [4.69, 9.17) is 11.6 Å². The molecule has 0 unspecified atom stereocenters. The van der Waals surface area contributed by atoms with Gasteiger partial charge in [-0.15, -0.1) is 0 Å². The molecule has 2 aromatic carbocycles. The molecule has 1 aliphatic heterocycles. The maximum absolute atomic E-state index is 13.3. The van der Waals surface area contributed by atoms with E-state index in [0.717, 1.165) is 5.69 Å². The number of fused-ring (bicyclic) bond motifs is 1. The normalized spacial score (nSPS) is 17.2. The van der Waals surface area contributed by atoms with Crippen LogP contribution in [0.1, 0.15) is 20.7 Å². The van der Waals surface area contributed by atoms with Gasteiger partial charge in [-0.2, -0.15) is 0 Å². The fourth-order valence-electron chi connectivity index (χ4n) is 3.42. The van der Waals surface area contributed by atoms with Crippen molar-refractivity contribution in [1.82, 2.24) is 4.90 Å². The molecule has 4 rings (SSSR count). The Balaban J connectivity index is 1.51. The highest BCUT2D eigenvalue weighted by molar-refractivity contribution is 6.31. The molecule has 132 valence electrons. The Morgan fingerprint density at radius 3 is 2.23 bits per heavy atom. The molecule has 2 aliphatic rings. The summed E-state index contributed by atoms with van der Waals surface area (Å²) >= 11 is 5.86. The molecule has 2 aromatic rings. The number of hydrogen-bond acceptors (Lipinski definition) is 4. The van der Waals surface area contributed by atoms with Gasteiger partial charge in [-0.25, -0.2) is 4.39 Å².